The van der Waals surface area contributed by atoms with Crippen LogP contribution in [-0.4, -0.2) is 36.2 Å². The fraction of sp³-hybridized carbons (Fsp3) is 0.0323. The first kappa shape index (κ1) is 30.6. The van der Waals surface area contributed by atoms with Crippen molar-refractivity contribution in [2.75, 3.05) is 0 Å². The maximum absolute atomic E-state index is 12.4. The van der Waals surface area contributed by atoms with Crippen molar-refractivity contribution in [3.05, 3.63) is 129 Å². The molecule has 0 atom stereocenters. The van der Waals surface area contributed by atoms with Crippen LogP contribution in [0.25, 0.3) is 0 Å². The van der Waals surface area contributed by atoms with Crippen LogP contribution in [0.15, 0.2) is 107 Å². The average Bonchev–Trinajstić information content (AvgIpc) is 2.99. The van der Waals surface area contributed by atoms with Gasteiger partial charge in [0.15, 0.2) is 0 Å². The summed E-state index contributed by atoms with van der Waals surface area (Å²) in [6.45, 7) is 0. The maximum atomic E-state index is 12.4. The van der Waals surface area contributed by atoms with Crippen LogP contribution >= 0.6 is 23.2 Å². The molecule has 4 rings (SSSR count). The van der Waals surface area contributed by atoms with E-state index in [1.165, 1.54) is 36.7 Å². The molecular formula is C31H22Cl2N4O6. The number of nitrogens with one attached hydrogen (secondary N) is 2. The van der Waals surface area contributed by atoms with Gasteiger partial charge in [-0.1, -0.05) is 47.5 Å². The number of carbonyl (C=O) groups is 4. The van der Waals surface area contributed by atoms with E-state index in [9.17, 15) is 19.2 Å². The van der Waals surface area contributed by atoms with Crippen LogP contribution in [0.1, 0.15) is 38.3 Å². The molecule has 0 aliphatic heterocycles. The van der Waals surface area contributed by atoms with Gasteiger partial charge < -0.3 is 9.47 Å². The molecule has 4 aromatic rings. The Labute approximate surface area is 255 Å². The lowest BCUT2D eigenvalue weighted by molar-refractivity contribution is -0.129. The maximum Gasteiger partial charge on any atom is 0.343 e. The minimum absolute atomic E-state index is 0.214. The van der Waals surface area contributed by atoms with Gasteiger partial charge in [0.25, 0.3) is 0 Å². The second kappa shape index (κ2) is 15.1. The number of carbonyl (C=O) groups excluding carboxylic acids is 4. The number of ether oxygens (including phenoxy) is 2. The van der Waals surface area contributed by atoms with E-state index < -0.39 is 30.2 Å². The van der Waals surface area contributed by atoms with Crippen molar-refractivity contribution in [2.45, 2.75) is 6.42 Å². The Morgan fingerprint density at radius 3 is 1.35 bits per heavy atom. The number of rotatable bonds is 10. The number of hydrogen-bond acceptors (Lipinski definition) is 8. The highest BCUT2D eigenvalue weighted by atomic mass is 35.5. The third kappa shape index (κ3) is 9.35. The SMILES string of the molecule is O=C(CC(=O)N/N=C\c1ccccc1OC(=O)c1ccc(Cl)cc1)N/N=C\c1ccccc1OC(=O)c1ccc(Cl)cc1. The molecule has 0 aliphatic carbocycles. The number of hydrazone groups is 2. The Morgan fingerprint density at radius 1 is 0.581 bits per heavy atom. The van der Waals surface area contributed by atoms with Crippen molar-refractivity contribution in [3.8, 4) is 11.5 Å². The van der Waals surface area contributed by atoms with Gasteiger partial charge in [0.05, 0.1) is 23.6 Å². The summed E-state index contributed by atoms with van der Waals surface area (Å²) >= 11 is 11.7. The normalized spacial score (nSPS) is 10.8. The van der Waals surface area contributed by atoms with Crippen molar-refractivity contribution in [2.24, 2.45) is 10.2 Å². The molecule has 0 radical (unpaired) electrons. The topological polar surface area (TPSA) is 136 Å². The summed E-state index contributed by atoms with van der Waals surface area (Å²) in [6, 6.07) is 25.6. The van der Waals surface area contributed by atoms with Crippen molar-refractivity contribution >= 4 is 59.4 Å². The first-order valence-corrected chi connectivity index (χ1v) is 13.3. The summed E-state index contributed by atoms with van der Waals surface area (Å²) in [4.78, 5) is 49.2. The van der Waals surface area contributed by atoms with Crippen LogP contribution in [0.5, 0.6) is 11.5 Å². The molecule has 4 aromatic carbocycles. The lowest BCUT2D eigenvalue weighted by Crippen LogP contribution is -2.27. The number of hydrogen-bond donors (Lipinski definition) is 2. The standard InChI is InChI=1S/C31H22Cl2N4O6/c32-24-13-9-20(10-14-24)30(40)42-26-7-3-1-5-22(26)18-34-36-28(38)17-29(39)37-35-19-23-6-2-4-8-27(23)43-31(41)21-11-15-25(33)16-12-21/h1-16,18-19H,17H2,(H,36,38)(H,37,39)/b34-18-,35-19-. The fourth-order valence-electron chi connectivity index (χ4n) is 3.42. The van der Waals surface area contributed by atoms with E-state index in [-0.39, 0.29) is 11.5 Å². The molecule has 43 heavy (non-hydrogen) atoms. The Kier molecular flexibility index (Phi) is 10.7. The second-order valence-corrected chi connectivity index (χ2v) is 9.50. The third-order valence-corrected chi connectivity index (χ3v) is 6.01. The van der Waals surface area contributed by atoms with Crippen LogP contribution in [0, 0.1) is 0 Å². The predicted molar refractivity (Wildman–Crippen MR) is 162 cm³/mol. The van der Waals surface area contributed by atoms with E-state index in [2.05, 4.69) is 21.1 Å². The summed E-state index contributed by atoms with van der Waals surface area (Å²) in [7, 11) is 0. The summed E-state index contributed by atoms with van der Waals surface area (Å²) < 4.78 is 10.9. The monoisotopic (exact) mass is 616 g/mol. The van der Waals surface area contributed by atoms with E-state index in [0.717, 1.165) is 0 Å². The van der Waals surface area contributed by atoms with Crippen LogP contribution in [0.3, 0.4) is 0 Å². The fourth-order valence-corrected chi connectivity index (χ4v) is 3.67. The van der Waals surface area contributed by atoms with E-state index in [4.69, 9.17) is 32.7 Å². The van der Waals surface area contributed by atoms with Gasteiger partial charge in [-0.15, -0.1) is 0 Å². The molecule has 0 heterocycles. The smallest absolute Gasteiger partial charge is 0.343 e. The van der Waals surface area contributed by atoms with E-state index in [1.54, 1.807) is 72.8 Å². The highest BCUT2D eigenvalue weighted by Gasteiger charge is 2.13. The first-order valence-electron chi connectivity index (χ1n) is 12.6. The van der Waals surface area contributed by atoms with Gasteiger partial charge in [0.1, 0.15) is 17.9 Å². The summed E-state index contributed by atoms with van der Waals surface area (Å²) in [5.41, 5.74) is 5.91. The third-order valence-electron chi connectivity index (χ3n) is 5.51. The number of halogens is 2. The van der Waals surface area contributed by atoms with Crippen molar-refractivity contribution in [1.82, 2.24) is 10.9 Å². The molecule has 216 valence electrons. The highest BCUT2D eigenvalue weighted by molar-refractivity contribution is 6.31. The lowest BCUT2D eigenvalue weighted by atomic mass is 10.2. The molecule has 0 fully saturated rings. The Hall–Kier alpha value is -5.32. The Morgan fingerprint density at radius 2 is 0.953 bits per heavy atom. The van der Waals surface area contributed by atoms with Crippen molar-refractivity contribution in [3.63, 3.8) is 0 Å². The zero-order chi connectivity index (χ0) is 30.6. The van der Waals surface area contributed by atoms with Crippen LogP contribution in [0.2, 0.25) is 10.0 Å². The Bertz CT molecular complexity index is 1560. The quantitative estimate of drug-likeness (QED) is 0.0802. The number of nitrogens with zero attached hydrogens (tertiary/aromatic N) is 2. The molecule has 0 aromatic heterocycles. The summed E-state index contributed by atoms with van der Waals surface area (Å²) in [6.07, 6.45) is 1.98. The number of benzene rings is 4. The molecule has 0 spiro atoms. The molecule has 2 amide bonds. The zero-order valence-corrected chi connectivity index (χ0v) is 23.7. The Balaban J connectivity index is 1.27. The molecular weight excluding hydrogens is 595 g/mol. The molecule has 0 aliphatic rings. The van der Waals surface area contributed by atoms with Crippen LogP contribution < -0.4 is 20.3 Å². The molecule has 10 nitrogen and oxygen atoms in total. The summed E-state index contributed by atoms with van der Waals surface area (Å²) in [5, 5.41) is 8.64. The predicted octanol–water partition coefficient (Wildman–Crippen LogP) is 5.42. The van der Waals surface area contributed by atoms with Gasteiger partial charge in [-0.3, -0.25) is 9.59 Å². The van der Waals surface area contributed by atoms with Gasteiger partial charge in [0, 0.05) is 21.2 Å². The average molecular weight is 617 g/mol. The minimum Gasteiger partial charge on any atom is -0.422 e. The van der Waals surface area contributed by atoms with Crippen LogP contribution in [-0.2, 0) is 9.59 Å². The minimum atomic E-state index is -0.711. The summed E-state index contributed by atoms with van der Waals surface area (Å²) in [5.74, 6) is -2.19. The van der Waals surface area contributed by atoms with Crippen molar-refractivity contribution < 1.29 is 28.7 Å². The van der Waals surface area contributed by atoms with Gasteiger partial charge in [0.2, 0.25) is 11.8 Å². The lowest BCUT2D eigenvalue weighted by Gasteiger charge is -2.07. The largest absolute Gasteiger partial charge is 0.422 e. The number of para-hydroxylation sites is 2. The second-order valence-electron chi connectivity index (χ2n) is 8.63. The van der Waals surface area contributed by atoms with Crippen molar-refractivity contribution in [1.29, 1.82) is 0 Å². The highest BCUT2D eigenvalue weighted by Crippen LogP contribution is 2.20. The van der Waals surface area contributed by atoms with Gasteiger partial charge in [-0.2, -0.15) is 10.2 Å². The molecule has 0 unspecified atom stereocenters. The molecule has 0 saturated carbocycles. The zero-order valence-electron chi connectivity index (χ0n) is 22.2. The first-order chi connectivity index (χ1) is 20.8. The van der Waals surface area contributed by atoms with Gasteiger partial charge in [-0.25, -0.2) is 20.4 Å². The van der Waals surface area contributed by atoms with Gasteiger partial charge in [-0.05, 0) is 72.8 Å². The van der Waals surface area contributed by atoms with E-state index in [1.807, 2.05) is 0 Å². The molecule has 0 bridgehead atoms. The molecule has 2 N–H and O–H groups in total. The van der Waals surface area contributed by atoms with Crippen LogP contribution in [0.4, 0.5) is 0 Å². The van der Waals surface area contributed by atoms with E-state index in [0.29, 0.717) is 32.3 Å². The molecule has 0 saturated heterocycles. The number of esters is 2. The number of amides is 2. The molecule has 12 heteroatoms. The van der Waals surface area contributed by atoms with Gasteiger partial charge >= 0.3 is 11.9 Å². The van der Waals surface area contributed by atoms with E-state index >= 15 is 0 Å².